The van der Waals surface area contributed by atoms with Gasteiger partial charge in [-0.3, -0.25) is 0 Å². The van der Waals surface area contributed by atoms with Crippen molar-refractivity contribution in [2.45, 2.75) is 24.2 Å². The van der Waals surface area contributed by atoms with Crippen LogP contribution < -0.4 is 15.5 Å². The molecule has 2 heterocycles. The van der Waals surface area contributed by atoms with E-state index in [0.717, 1.165) is 36.6 Å². The molecule has 3 aromatic rings. The van der Waals surface area contributed by atoms with E-state index in [2.05, 4.69) is 20.5 Å². The van der Waals surface area contributed by atoms with Gasteiger partial charge in [0.25, 0.3) is 0 Å². The Morgan fingerprint density at radius 2 is 1.83 bits per heavy atom. The lowest BCUT2D eigenvalue weighted by molar-refractivity contribution is 0.262. The summed E-state index contributed by atoms with van der Waals surface area (Å²) in [7, 11) is 0. The number of nitrogens with zero attached hydrogens (tertiary/aromatic N) is 2. The van der Waals surface area contributed by atoms with Crippen molar-refractivity contribution >= 4 is 45.9 Å². The molecule has 1 fully saturated rings. The summed E-state index contributed by atoms with van der Waals surface area (Å²) in [5.74, 6) is 0.365. The molecule has 1 aliphatic heterocycles. The number of benzene rings is 2. The molecule has 0 radical (unpaired) electrons. The average molecular weight is 411 g/mol. The van der Waals surface area contributed by atoms with Crippen molar-refractivity contribution in [2.24, 2.45) is 0 Å². The number of urea groups is 1. The molecule has 7 heteroatoms. The third-order valence-electron chi connectivity index (χ3n) is 5.00. The molecule has 1 saturated heterocycles. The van der Waals surface area contributed by atoms with E-state index >= 15 is 0 Å². The third-order valence-corrected chi connectivity index (χ3v) is 5.72. The molecule has 2 N–H and O–H groups in total. The molecule has 0 spiro atoms. The Morgan fingerprint density at radius 3 is 2.62 bits per heavy atom. The zero-order valence-electron chi connectivity index (χ0n) is 16.2. The summed E-state index contributed by atoms with van der Waals surface area (Å²) in [5, 5.41) is 6.14. The number of carbonyl (C=O) groups excluding carboxylic acids is 1. The van der Waals surface area contributed by atoms with Crippen molar-refractivity contribution in [2.75, 3.05) is 34.9 Å². The summed E-state index contributed by atoms with van der Waals surface area (Å²) in [6.07, 6.45) is 5.49. The SMILES string of the molecule is CSc1cccc(NC(=O)Nc2cc(F)c3nc(N4CCCCC4)ccc3c2)c1. The normalized spacial score (nSPS) is 14.1. The lowest BCUT2D eigenvalue weighted by Crippen LogP contribution is -2.30. The zero-order chi connectivity index (χ0) is 20.2. The predicted octanol–water partition coefficient (Wildman–Crippen LogP) is 5.73. The number of thioether (sulfide) groups is 1. The first-order valence-corrected chi connectivity index (χ1v) is 10.9. The van der Waals surface area contributed by atoms with E-state index in [1.807, 2.05) is 42.7 Å². The van der Waals surface area contributed by atoms with E-state index in [1.54, 1.807) is 17.8 Å². The number of hydrogen-bond donors (Lipinski definition) is 2. The Labute approximate surface area is 173 Å². The van der Waals surface area contributed by atoms with Crippen molar-refractivity contribution < 1.29 is 9.18 Å². The van der Waals surface area contributed by atoms with Crippen LogP contribution in [-0.2, 0) is 0 Å². The van der Waals surface area contributed by atoms with Crippen LogP contribution in [0.4, 0.5) is 26.4 Å². The van der Waals surface area contributed by atoms with Crippen LogP contribution >= 0.6 is 11.8 Å². The maximum Gasteiger partial charge on any atom is 0.323 e. The zero-order valence-corrected chi connectivity index (χ0v) is 17.1. The monoisotopic (exact) mass is 410 g/mol. The molecule has 150 valence electrons. The van der Waals surface area contributed by atoms with E-state index in [1.165, 1.54) is 12.5 Å². The highest BCUT2D eigenvalue weighted by Gasteiger charge is 2.14. The summed E-state index contributed by atoms with van der Waals surface area (Å²) in [4.78, 5) is 20.1. The number of pyridine rings is 1. The number of aromatic nitrogens is 1. The van der Waals surface area contributed by atoms with Gasteiger partial charge in [0.2, 0.25) is 0 Å². The molecular weight excluding hydrogens is 387 g/mol. The minimum absolute atomic E-state index is 0.326. The molecule has 0 bridgehead atoms. The number of piperidine rings is 1. The van der Waals surface area contributed by atoms with Gasteiger partial charge < -0.3 is 15.5 Å². The average Bonchev–Trinajstić information content (AvgIpc) is 2.74. The lowest BCUT2D eigenvalue weighted by Gasteiger charge is -2.27. The number of carbonyl (C=O) groups is 1. The van der Waals surface area contributed by atoms with Crippen LogP contribution in [-0.4, -0.2) is 30.4 Å². The molecule has 4 rings (SSSR count). The second-order valence-electron chi connectivity index (χ2n) is 7.06. The highest BCUT2D eigenvalue weighted by atomic mass is 32.2. The van der Waals surface area contributed by atoms with Crippen LogP contribution in [0.15, 0.2) is 53.4 Å². The largest absolute Gasteiger partial charge is 0.357 e. The maximum absolute atomic E-state index is 14.7. The molecular formula is C22H23FN4OS. The first kappa shape index (κ1) is 19.5. The number of nitrogens with one attached hydrogen (secondary N) is 2. The highest BCUT2D eigenvalue weighted by Crippen LogP contribution is 2.26. The minimum Gasteiger partial charge on any atom is -0.357 e. The molecule has 1 aliphatic rings. The smallest absolute Gasteiger partial charge is 0.323 e. The van der Waals surface area contributed by atoms with Crippen LogP contribution in [0.25, 0.3) is 10.9 Å². The quantitative estimate of drug-likeness (QED) is 0.539. The molecule has 0 saturated carbocycles. The molecule has 29 heavy (non-hydrogen) atoms. The lowest BCUT2D eigenvalue weighted by atomic mass is 10.1. The fourth-order valence-electron chi connectivity index (χ4n) is 3.55. The Bertz CT molecular complexity index is 1040. The highest BCUT2D eigenvalue weighted by molar-refractivity contribution is 7.98. The van der Waals surface area contributed by atoms with Gasteiger partial charge >= 0.3 is 6.03 Å². The van der Waals surface area contributed by atoms with E-state index < -0.39 is 11.8 Å². The summed E-state index contributed by atoms with van der Waals surface area (Å²) in [5.41, 5.74) is 1.40. The molecule has 0 unspecified atom stereocenters. The van der Waals surface area contributed by atoms with Crippen molar-refractivity contribution in [3.05, 3.63) is 54.3 Å². The topological polar surface area (TPSA) is 57.3 Å². The molecule has 2 amide bonds. The number of anilines is 3. The van der Waals surface area contributed by atoms with Gasteiger partial charge in [0, 0.05) is 34.7 Å². The Hall–Kier alpha value is -2.80. The van der Waals surface area contributed by atoms with Crippen LogP contribution in [0, 0.1) is 5.82 Å². The van der Waals surface area contributed by atoms with Crippen molar-refractivity contribution in [3.8, 4) is 0 Å². The van der Waals surface area contributed by atoms with Crippen LogP contribution in [0.2, 0.25) is 0 Å². The van der Waals surface area contributed by atoms with Crippen LogP contribution in [0.5, 0.6) is 0 Å². The van der Waals surface area contributed by atoms with Gasteiger partial charge in [-0.25, -0.2) is 14.2 Å². The van der Waals surface area contributed by atoms with E-state index in [4.69, 9.17) is 0 Å². The summed E-state index contributed by atoms with van der Waals surface area (Å²) < 4.78 is 14.7. The summed E-state index contributed by atoms with van der Waals surface area (Å²) >= 11 is 1.60. The second kappa shape index (κ2) is 8.69. The molecule has 1 aromatic heterocycles. The van der Waals surface area contributed by atoms with E-state index in [0.29, 0.717) is 22.3 Å². The molecule has 0 atom stereocenters. The summed E-state index contributed by atoms with van der Waals surface area (Å²) in [6.45, 7) is 1.91. The van der Waals surface area contributed by atoms with Gasteiger partial charge in [-0.15, -0.1) is 11.8 Å². The summed E-state index contributed by atoms with van der Waals surface area (Å²) in [6, 6.07) is 14.0. The van der Waals surface area contributed by atoms with Crippen LogP contribution in [0.1, 0.15) is 19.3 Å². The van der Waals surface area contributed by atoms with Gasteiger partial charge in [-0.2, -0.15) is 0 Å². The number of rotatable bonds is 4. The molecule has 5 nitrogen and oxygen atoms in total. The van der Waals surface area contributed by atoms with Crippen molar-refractivity contribution in [1.82, 2.24) is 4.98 Å². The Morgan fingerprint density at radius 1 is 1.03 bits per heavy atom. The maximum atomic E-state index is 14.7. The van der Waals surface area contributed by atoms with Gasteiger partial charge in [0.05, 0.1) is 0 Å². The molecule has 2 aromatic carbocycles. The van der Waals surface area contributed by atoms with Crippen molar-refractivity contribution in [3.63, 3.8) is 0 Å². The molecule has 0 aliphatic carbocycles. The first-order valence-electron chi connectivity index (χ1n) is 9.70. The first-order chi connectivity index (χ1) is 14.1. The van der Waals surface area contributed by atoms with Gasteiger partial charge in [0.15, 0.2) is 5.82 Å². The minimum atomic E-state index is -0.443. The number of amides is 2. The number of halogens is 1. The Kier molecular flexibility index (Phi) is 5.85. The third kappa shape index (κ3) is 4.62. The van der Waals surface area contributed by atoms with Crippen molar-refractivity contribution in [1.29, 1.82) is 0 Å². The Balaban J connectivity index is 1.51. The predicted molar refractivity (Wildman–Crippen MR) is 119 cm³/mol. The fourth-order valence-corrected chi connectivity index (χ4v) is 4.01. The van der Waals surface area contributed by atoms with Crippen LogP contribution in [0.3, 0.4) is 0 Å². The standard InChI is InChI=1S/C22H23FN4OS/c1-29-18-7-5-6-16(13-18)24-22(28)25-17-12-15-8-9-20(26-21(15)19(23)14-17)27-10-3-2-4-11-27/h5-9,12-14H,2-4,10-11H2,1H3,(H2,24,25,28). The number of fused-ring (bicyclic) bond motifs is 1. The van der Waals surface area contributed by atoms with Gasteiger partial charge in [-0.1, -0.05) is 6.07 Å². The fraction of sp³-hybridized carbons (Fsp3) is 0.273. The van der Waals surface area contributed by atoms with E-state index in [-0.39, 0.29) is 0 Å². The van der Waals surface area contributed by atoms with E-state index in [9.17, 15) is 9.18 Å². The van der Waals surface area contributed by atoms with Gasteiger partial charge in [0.1, 0.15) is 11.3 Å². The second-order valence-corrected chi connectivity index (χ2v) is 7.94. The van der Waals surface area contributed by atoms with Gasteiger partial charge in [-0.05, 0) is 68.0 Å². The number of hydrogen-bond acceptors (Lipinski definition) is 4.